The first kappa shape index (κ1) is 21.0. The van der Waals surface area contributed by atoms with Crippen molar-refractivity contribution in [3.63, 3.8) is 0 Å². The zero-order chi connectivity index (χ0) is 21.6. The Morgan fingerprint density at radius 1 is 1.13 bits per heavy atom. The van der Waals surface area contributed by atoms with Gasteiger partial charge < -0.3 is 18.9 Å². The fourth-order valence-electron chi connectivity index (χ4n) is 3.65. The van der Waals surface area contributed by atoms with Crippen LogP contribution < -0.4 is 0 Å². The van der Waals surface area contributed by atoms with E-state index in [2.05, 4.69) is 14.9 Å². The maximum atomic E-state index is 11.0. The molecule has 162 valence electrons. The molecular formula is C20H20N4O7. The highest BCUT2D eigenvalue weighted by atomic mass is 17.0. The first-order chi connectivity index (χ1) is 15.2. The first-order valence-electron chi connectivity index (χ1n) is 9.64. The summed E-state index contributed by atoms with van der Waals surface area (Å²) in [7, 11) is 0. The van der Waals surface area contributed by atoms with E-state index in [-0.39, 0.29) is 13.2 Å². The Morgan fingerprint density at radius 3 is 2.52 bits per heavy atom. The molecule has 2 aromatic rings. The molecular weight excluding hydrogens is 408 g/mol. The molecule has 4 rings (SSSR count). The zero-order valence-corrected chi connectivity index (χ0v) is 16.3. The number of azide groups is 1. The lowest BCUT2D eigenvalue weighted by Gasteiger charge is -2.47. The van der Waals surface area contributed by atoms with Gasteiger partial charge in [-0.2, -0.15) is 0 Å². The van der Waals surface area contributed by atoms with E-state index < -0.39 is 42.0 Å². The summed E-state index contributed by atoms with van der Waals surface area (Å²) >= 11 is 0. The third-order valence-electron chi connectivity index (χ3n) is 5.04. The maximum absolute atomic E-state index is 11.0. The fourth-order valence-corrected chi connectivity index (χ4v) is 3.65. The normalized spacial score (nSPS) is 29.9. The molecule has 2 aliphatic rings. The molecule has 2 aliphatic heterocycles. The summed E-state index contributed by atoms with van der Waals surface area (Å²) in [5, 5.41) is 13.7. The SMILES string of the molecule is [N-]=[N+]=N[C@H]1[C@@H](O[N+](=O)[O-])O[C@@H]2CO[C@H](c3ccccc3)O[C@@H]2[C@@H]1OCc1ccccc1. The van der Waals surface area contributed by atoms with E-state index in [1.807, 2.05) is 60.7 Å². The average molecular weight is 428 g/mol. The molecule has 0 bridgehead atoms. The largest absolute Gasteiger partial charge is 0.370 e. The third-order valence-corrected chi connectivity index (χ3v) is 5.04. The minimum absolute atomic E-state index is 0.0932. The van der Waals surface area contributed by atoms with Crippen molar-refractivity contribution in [1.82, 2.24) is 0 Å². The predicted molar refractivity (Wildman–Crippen MR) is 105 cm³/mol. The van der Waals surface area contributed by atoms with E-state index in [0.717, 1.165) is 11.1 Å². The molecule has 2 saturated heterocycles. The highest BCUT2D eigenvalue weighted by Crippen LogP contribution is 2.37. The smallest absolute Gasteiger partial charge is 0.297 e. The van der Waals surface area contributed by atoms with Crippen LogP contribution in [-0.2, 0) is 30.4 Å². The predicted octanol–water partition coefficient (Wildman–Crippen LogP) is 3.30. The van der Waals surface area contributed by atoms with Crippen LogP contribution in [0.5, 0.6) is 0 Å². The number of ether oxygens (including phenoxy) is 4. The maximum Gasteiger partial charge on any atom is 0.297 e. The number of nitrogens with zero attached hydrogens (tertiary/aromatic N) is 4. The molecule has 2 heterocycles. The Hall–Kier alpha value is -3.21. The highest BCUT2D eigenvalue weighted by Gasteiger charge is 2.51. The van der Waals surface area contributed by atoms with E-state index in [9.17, 15) is 10.1 Å². The van der Waals surface area contributed by atoms with Crippen LogP contribution in [0.25, 0.3) is 10.4 Å². The Kier molecular flexibility index (Phi) is 6.60. The van der Waals surface area contributed by atoms with Gasteiger partial charge in [-0.3, -0.25) is 4.84 Å². The van der Waals surface area contributed by atoms with Crippen LogP contribution in [0.15, 0.2) is 65.8 Å². The Bertz CT molecular complexity index is 926. The zero-order valence-electron chi connectivity index (χ0n) is 16.3. The van der Waals surface area contributed by atoms with Crippen LogP contribution in [0.2, 0.25) is 0 Å². The van der Waals surface area contributed by atoms with Crippen LogP contribution in [0, 0.1) is 10.1 Å². The number of fused-ring (bicyclic) bond motifs is 1. The van der Waals surface area contributed by atoms with Gasteiger partial charge in [0.2, 0.25) is 6.29 Å². The van der Waals surface area contributed by atoms with E-state index in [4.69, 9.17) is 24.5 Å². The molecule has 0 amide bonds. The molecule has 0 unspecified atom stereocenters. The molecule has 0 N–H and O–H groups in total. The number of hydrogen-bond donors (Lipinski definition) is 0. The molecule has 6 atom stereocenters. The van der Waals surface area contributed by atoms with Gasteiger partial charge in [0.25, 0.3) is 5.09 Å². The van der Waals surface area contributed by atoms with E-state index in [0.29, 0.717) is 0 Å². The summed E-state index contributed by atoms with van der Waals surface area (Å²) in [5.74, 6) is 0. The molecule has 0 spiro atoms. The molecule has 0 aliphatic carbocycles. The Labute approximate surface area is 177 Å². The number of hydrogen-bond acceptors (Lipinski definition) is 8. The quantitative estimate of drug-likeness (QED) is 0.217. The minimum Gasteiger partial charge on any atom is -0.370 e. The van der Waals surface area contributed by atoms with Crippen LogP contribution >= 0.6 is 0 Å². The summed E-state index contributed by atoms with van der Waals surface area (Å²) in [6.07, 6.45) is -4.42. The Morgan fingerprint density at radius 2 is 1.84 bits per heavy atom. The van der Waals surface area contributed by atoms with Gasteiger partial charge >= 0.3 is 0 Å². The molecule has 0 saturated carbocycles. The van der Waals surface area contributed by atoms with Crippen molar-refractivity contribution in [2.45, 2.75) is 43.5 Å². The van der Waals surface area contributed by atoms with E-state index in [1.54, 1.807) is 0 Å². The first-order valence-corrected chi connectivity index (χ1v) is 9.64. The molecule has 11 heteroatoms. The molecule has 0 radical (unpaired) electrons. The van der Waals surface area contributed by atoms with Crippen LogP contribution in [0.4, 0.5) is 0 Å². The van der Waals surface area contributed by atoms with Crippen LogP contribution in [0.3, 0.4) is 0 Å². The van der Waals surface area contributed by atoms with Crippen LogP contribution in [0.1, 0.15) is 17.4 Å². The minimum atomic E-state index is -1.45. The standard InChI is InChI=1S/C20H20N4O7/c21-23-22-16-18(27-11-13-7-3-1-4-8-13)17-15(29-20(16)31-24(25)26)12-28-19(30-17)14-9-5-2-6-10-14/h1-10,15-20H,11-12H2/t15-,16-,17+,18-,19+,20-/m1/s1. The van der Waals surface area contributed by atoms with Crippen molar-refractivity contribution < 1.29 is 28.9 Å². The van der Waals surface area contributed by atoms with Crippen molar-refractivity contribution in [2.24, 2.45) is 5.11 Å². The second-order valence-electron chi connectivity index (χ2n) is 7.01. The lowest BCUT2D eigenvalue weighted by Crippen LogP contribution is -2.62. The van der Waals surface area contributed by atoms with Gasteiger partial charge in [0.15, 0.2) is 6.29 Å². The lowest BCUT2D eigenvalue weighted by atomic mass is 9.96. The van der Waals surface area contributed by atoms with Gasteiger partial charge in [-0.25, -0.2) is 0 Å². The highest BCUT2D eigenvalue weighted by molar-refractivity contribution is 5.17. The topological polar surface area (TPSA) is 138 Å². The summed E-state index contributed by atoms with van der Waals surface area (Å²) < 4.78 is 23.6. The average Bonchev–Trinajstić information content (AvgIpc) is 2.79. The monoisotopic (exact) mass is 428 g/mol. The van der Waals surface area contributed by atoms with Crippen molar-refractivity contribution in [2.75, 3.05) is 6.61 Å². The summed E-state index contributed by atoms with van der Waals surface area (Å²) in [6, 6.07) is 17.5. The van der Waals surface area contributed by atoms with Crippen molar-refractivity contribution in [3.05, 3.63) is 92.3 Å². The van der Waals surface area contributed by atoms with E-state index >= 15 is 0 Å². The second-order valence-corrected chi connectivity index (χ2v) is 7.01. The van der Waals surface area contributed by atoms with Gasteiger partial charge in [-0.05, 0) is 11.1 Å². The number of rotatable bonds is 7. The molecule has 2 fully saturated rings. The third kappa shape index (κ3) is 4.93. The van der Waals surface area contributed by atoms with Crippen LogP contribution in [-0.4, -0.2) is 42.3 Å². The Balaban J connectivity index is 1.60. The molecule has 2 aromatic carbocycles. The molecule has 0 aromatic heterocycles. The van der Waals surface area contributed by atoms with Crippen molar-refractivity contribution in [1.29, 1.82) is 0 Å². The van der Waals surface area contributed by atoms with Gasteiger partial charge in [-0.1, -0.05) is 65.8 Å². The molecule has 31 heavy (non-hydrogen) atoms. The van der Waals surface area contributed by atoms with Gasteiger partial charge in [-0.15, -0.1) is 10.1 Å². The summed E-state index contributed by atoms with van der Waals surface area (Å²) in [4.78, 5) is 18.4. The molecule has 11 nitrogen and oxygen atoms in total. The lowest BCUT2D eigenvalue weighted by molar-refractivity contribution is -0.784. The van der Waals surface area contributed by atoms with Gasteiger partial charge in [0.1, 0.15) is 18.2 Å². The fraction of sp³-hybridized carbons (Fsp3) is 0.400. The van der Waals surface area contributed by atoms with Gasteiger partial charge in [0, 0.05) is 10.5 Å². The van der Waals surface area contributed by atoms with E-state index in [1.165, 1.54) is 0 Å². The number of benzene rings is 2. The van der Waals surface area contributed by atoms with Crippen molar-refractivity contribution >= 4 is 0 Å². The summed E-state index contributed by atoms with van der Waals surface area (Å²) in [5.41, 5.74) is 10.7. The summed E-state index contributed by atoms with van der Waals surface area (Å²) in [6.45, 7) is 0.271. The van der Waals surface area contributed by atoms with Gasteiger partial charge in [0.05, 0.1) is 19.3 Å². The van der Waals surface area contributed by atoms with Crippen molar-refractivity contribution in [3.8, 4) is 0 Å². The second kappa shape index (κ2) is 9.73.